The van der Waals surface area contributed by atoms with Crippen LogP contribution in [-0.2, 0) is 19.6 Å². The first-order valence-electron chi connectivity index (χ1n) is 10.4. The number of ether oxygens (including phenoxy) is 1. The molecular formula is C23H17F4N7O. The number of nitriles is 1. The molecule has 1 aliphatic rings. The van der Waals surface area contributed by atoms with Gasteiger partial charge in [0.2, 0.25) is 0 Å². The number of hydrogen-bond donors (Lipinski definition) is 1. The maximum atomic E-state index is 14.2. The van der Waals surface area contributed by atoms with Gasteiger partial charge < -0.3 is 10.5 Å². The zero-order chi connectivity index (χ0) is 25.1. The molecule has 0 saturated carbocycles. The van der Waals surface area contributed by atoms with Crippen LogP contribution in [0.2, 0.25) is 0 Å². The van der Waals surface area contributed by atoms with Crippen molar-refractivity contribution in [3.05, 3.63) is 70.7 Å². The van der Waals surface area contributed by atoms with E-state index < -0.39 is 23.8 Å². The van der Waals surface area contributed by atoms with Gasteiger partial charge in [0.15, 0.2) is 23.0 Å². The van der Waals surface area contributed by atoms with Crippen molar-refractivity contribution in [2.45, 2.75) is 25.6 Å². The molecule has 2 N–H and O–H groups in total. The summed E-state index contributed by atoms with van der Waals surface area (Å²) in [5.74, 6) is -0.372. The predicted molar refractivity (Wildman–Crippen MR) is 116 cm³/mol. The van der Waals surface area contributed by atoms with E-state index in [1.54, 1.807) is 20.0 Å². The van der Waals surface area contributed by atoms with E-state index >= 15 is 0 Å². The fourth-order valence-electron chi connectivity index (χ4n) is 4.19. The van der Waals surface area contributed by atoms with Crippen LogP contribution in [0.25, 0.3) is 16.8 Å². The monoisotopic (exact) mass is 483 g/mol. The molecule has 35 heavy (non-hydrogen) atoms. The Morgan fingerprint density at radius 2 is 1.97 bits per heavy atom. The summed E-state index contributed by atoms with van der Waals surface area (Å²) < 4.78 is 63.8. The smallest absolute Gasteiger partial charge is 0.435 e. The van der Waals surface area contributed by atoms with Crippen LogP contribution < -0.4 is 10.5 Å². The first kappa shape index (κ1) is 22.4. The Bertz CT molecular complexity index is 1510. The maximum Gasteiger partial charge on any atom is 0.435 e. The number of halogens is 4. The third-order valence-electron chi connectivity index (χ3n) is 5.82. The van der Waals surface area contributed by atoms with Gasteiger partial charge in [-0.15, -0.1) is 0 Å². The largest absolute Gasteiger partial charge is 0.482 e. The van der Waals surface area contributed by atoms with Crippen LogP contribution in [-0.4, -0.2) is 24.5 Å². The second-order valence-electron chi connectivity index (χ2n) is 8.08. The highest BCUT2D eigenvalue weighted by Crippen LogP contribution is 2.38. The topological polar surface area (TPSA) is 108 Å². The molecule has 1 aliphatic heterocycles. The summed E-state index contributed by atoms with van der Waals surface area (Å²) in [6, 6.07) is 8.19. The molecule has 0 unspecified atom stereocenters. The van der Waals surface area contributed by atoms with Crippen LogP contribution in [0, 0.1) is 17.1 Å². The molecule has 3 aromatic heterocycles. The van der Waals surface area contributed by atoms with Gasteiger partial charge in [-0.3, -0.25) is 4.68 Å². The normalized spacial score (nSPS) is 15.1. The van der Waals surface area contributed by atoms with Crippen molar-refractivity contribution in [1.29, 1.82) is 5.26 Å². The lowest BCUT2D eigenvalue weighted by atomic mass is 10.0. The molecule has 4 heterocycles. The minimum absolute atomic E-state index is 0.0543. The van der Waals surface area contributed by atoms with Gasteiger partial charge in [-0.05, 0) is 37.3 Å². The van der Waals surface area contributed by atoms with Gasteiger partial charge in [0.05, 0.1) is 17.1 Å². The Balaban J connectivity index is 1.86. The van der Waals surface area contributed by atoms with Crippen LogP contribution in [0.5, 0.6) is 5.75 Å². The minimum atomic E-state index is -4.71. The number of aryl methyl sites for hydroxylation is 1. The molecule has 2 bridgehead atoms. The van der Waals surface area contributed by atoms with Crippen LogP contribution in [0.4, 0.5) is 23.4 Å². The molecule has 4 aromatic rings. The van der Waals surface area contributed by atoms with E-state index in [4.69, 9.17) is 10.5 Å². The molecule has 0 spiro atoms. The Kier molecular flexibility index (Phi) is 5.01. The van der Waals surface area contributed by atoms with Gasteiger partial charge in [0.25, 0.3) is 0 Å². The number of fused-ring (bicyclic) bond motifs is 7. The highest BCUT2D eigenvalue weighted by Gasteiger charge is 2.36. The lowest BCUT2D eigenvalue weighted by Gasteiger charge is -2.21. The average Bonchev–Trinajstić information content (AvgIpc) is 3.36. The van der Waals surface area contributed by atoms with Crippen LogP contribution in [0.15, 0.2) is 36.5 Å². The highest BCUT2D eigenvalue weighted by atomic mass is 19.4. The van der Waals surface area contributed by atoms with Gasteiger partial charge in [0, 0.05) is 36.4 Å². The number of alkyl halides is 3. The molecule has 1 aromatic carbocycles. The number of aromatic nitrogens is 5. The third kappa shape index (κ3) is 3.74. The number of rotatable bonds is 0. The first-order valence-corrected chi connectivity index (χ1v) is 10.4. The Morgan fingerprint density at radius 3 is 2.69 bits per heavy atom. The highest BCUT2D eigenvalue weighted by molar-refractivity contribution is 5.74. The maximum absolute atomic E-state index is 14.2. The van der Waals surface area contributed by atoms with Crippen molar-refractivity contribution in [2.24, 2.45) is 7.05 Å². The van der Waals surface area contributed by atoms with Crippen LogP contribution in [0.1, 0.15) is 41.4 Å². The van der Waals surface area contributed by atoms with Gasteiger partial charge >= 0.3 is 6.18 Å². The molecule has 5 rings (SSSR count). The van der Waals surface area contributed by atoms with Gasteiger partial charge in [-0.2, -0.15) is 28.6 Å². The second-order valence-corrected chi connectivity index (χ2v) is 8.08. The number of nitrogen functional groups attached to an aromatic ring is 1. The van der Waals surface area contributed by atoms with Crippen LogP contribution >= 0.6 is 0 Å². The molecule has 0 amide bonds. The number of nitrogens with zero attached hydrogens (tertiary/aromatic N) is 6. The molecule has 0 radical (unpaired) electrons. The van der Waals surface area contributed by atoms with E-state index in [1.165, 1.54) is 23.0 Å². The number of benzene rings is 1. The Labute approximate surface area is 196 Å². The lowest BCUT2D eigenvalue weighted by Crippen LogP contribution is -2.14. The third-order valence-corrected chi connectivity index (χ3v) is 5.82. The molecular weight excluding hydrogens is 466 g/mol. The first-order chi connectivity index (χ1) is 16.6. The van der Waals surface area contributed by atoms with Crippen molar-refractivity contribution < 1.29 is 22.3 Å². The Morgan fingerprint density at radius 1 is 1.20 bits per heavy atom. The summed E-state index contributed by atoms with van der Waals surface area (Å²) in [5, 5.41) is 17.7. The molecule has 0 saturated heterocycles. The number of pyridine rings is 1. The van der Waals surface area contributed by atoms with E-state index in [0.29, 0.717) is 16.8 Å². The zero-order valence-corrected chi connectivity index (χ0v) is 18.4. The molecule has 0 aliphatic carbocycles. The summed E-state index contributed by atoms with van der Waals surface area (Å²) in [4.78, 5) is 4.17. The van der Waals surface area contributed by atoms with Gasteiger partial charge in [-0.25, -0.2) is 14.1 Å². The summed E-state index contributed by atoms with van der Waals surface area (Å²) in [5.41, 5.74) is 6.88. The second kappa shape index (κ2) is 7.83. The van der Waals surface area contributed by atoms with Crippen molar-refractivity contribution in [3.8, 4) is 28.6 Å². The molecule has 1 atom stereocenters. The summed E-state index contributed by atoms with van der Waals surface area (Å²) in [6.07, 6.45) is -4.18. The van der Waals surface area contributed by atoms with E-state index in [1.807, 2.05) is 6.07 Å². The fourth-order valence-corrected chi connectivity index (χ4v) is 4.19. The van der Waals surface area contributed by atoms with Crippen molar-refractivity contribution in [1.82, 2.24) is 24.5 Å². The van der Waals surface area contributed by atoms with E-state index in [9.17, 15) is 22.8 Å². The van der Waals surface area contributed by atoms with E-state index in [2.05, 4.69) is 15.2 Å². The standard InChI is InChI=1S/C23H17F4N7O/c1-11-15-6-13(24)3-4-17(15)34-14(8-20(32-34)23(25,26)27)7-18-21(16(9-28)31-33(18)2)12-5-19(35-11)22(29)30-10-12/h3-6,8,10-11H,7H2,1-2H3,(H2,29,30)/t11-/m1/s1. The van der Waals surface area contributed by atoms with Gasteiger partial charge in [0.1, 0.15) is 18.0 Å². The SMILES string of the molecule is C[C@H]1Oc2cc(cnc2N)-c2c(C#N)nn(C)c2Cc2cc(C(F)(F)F)nn2-c2ccc(F)cc21. The number of nitrogens with two attached hydrogens (primary N) is 1. The van der Waals surface area contributed by atoms with Crippen molar-refractivity contribution in [2.75, 3.05) is 5.73 Å². The van der Waals surface area contributed by atoms with E-state index in [-0.39, 0.29) is 40.6 Å². The lowest BCUT2D eigenvalue weighted by molar-refractivity contribution is -0.141. The van der Waals surface area contributed by atoms with Gasteiger partial charge in [-0.1, -0.05) is 0 Å². The number of hydrogen-bond acceptors (Lipinski definition) is 6. The summed E-state index contributed by atoms with van der Waals surface area (Å²) in [7, 11) is 1.59. The quantitative estimate of drug-likeness (QED) is 0.373. The molecule has 0 fully saturated rings. The van der Waals surface area contributed by atoms with Crippen molar-refractivity contribution >= 4 is 5.82 Å². The summed E-state index contributed by atoms with van der Waals surface area (Å²) in [6.45, 7) is 1.61. The number of anilines is 1. The average molecular weight is 483 g/mol. The van der Waals surface area contributed by atoms with Crippen molar-refractivity contribution in [3.63, 3.8) is 0 Å². The minimum Gasteiger partial charge on any atom is -0.482 e. The van der Waals surface area contributed by atoms with E-state index in [0.717, 1.165) is 16.8 Å². The molecule has 8 nitrogen and oxygen atoms in total. The zero-order valence-electron chi connectivity index (χ0n) is 18.4. The Hall–Kier alpha value is -4.40. The molecule has 12 heteroatoms. The van der Waals surface area contributed by atoms with Crippen LogP contribution in [0.3, 0.4) is 0 Å². The predicted octanol–water partition coefficient (Wildman–Crippen LogP) is 4.32. The summed E-state index contributed by atoms with van der Waals surface area (Å²) >= 11 is 0. The fraction of sp³-hybridized carbons (Fsp3) is 0.217. The molecule has 178 valence electrons.